The van der Waals surface area contributed by atoms with E-state index in [9.17, 15) is 19.2 Å². The first-order chi connectivity index (χ1) is 14.0. The number of carbonyl (C=O) groups excluding carboxylic acids is 4. The van der Waals surface area contributed by atoms with E-state index in [1.807, 2.05) is 6.07 Å². The molecular formula is C21H26N4O4. The molecule has 1 aliphatic carbocycles. The molecule has 4 amide bonds. The topological polar surface area (TPSA) is 122 Å². The Kier molecular flexibility index (Phi) is 5.47. The molecule has 29 heavy (non-hydrogen) atoms. The Balaban J connectivity index is 1.49. The lowest BCUT2D eigenvalue weighted by molar-refractivity contribution is -0.136. The normalized spacial score (nSPS) is 26.8. The molecule has 154 valence electrons. The number of hydrogen-bond acceptors (Lipinski definition) is 6. The van der Waals surface area contributed by atoms with Gasteiger partial charge < -0.3 is 11.1 Å². The van der Waals surface area contributed by atoms with Gasteiger partial charge in [0.05, 0.1) is 11.1 Å². The van der Waals surface area contributed by atoms with Gasteiger partial charge in [0, 0.05) is 19.0 Å². The molecule has 2 heterocycles. The highest BCUT2D eigenvalue weighted by molar-refractivity contribution is 6.24. The SMILES string of the molecule is NCCC1CCC(NCc2cccc3c2C(=O)N(C2CCC(=O)NC2=O)C3=O)C1. The van der Waals surface area contributed by atoms with E-state index in [2.05, 4.69) is 10.6 Å². The minimum absolute atomic E-state index is 0.115. The first kappa shape index (κ1) is 19.7. The summed E-state index contributed by atoms with van der Waals surface area (Å²) < 4.78 is 0. The van der Waals surface area contributed by atoms with Crippen molar-refractivity contribution in [2.75, 3.05) is 6.54 Å². The molecule has 2 fully saturated rings. The number of benzene rings is 1. The maximum atomic E-state index is 13.1. The molecule has 1 saturated heterocycles. The zero-order valence-electron chi connectivity index (χ0n) is 16.3. The molecule has 2 aliphatic heterocycles. The molecule has 1 aromatic rings. The van der Waals surface area contributed by atoms with Crippen LogP contribution >= 0.6 is 0 Å². The first-order valence-corrected chi connectivity index (χ1v) is 10.3. The molecule has 3 atom stereocenters. The summed E-state index contributed by atoms with van der Waals surface area (Å²) in [7, 11) is 0. The number of carbonyl (C=O) groups is 4. The van der Waals surface area contributed by atoms with Crippen molar-refractivity contribution >= 4 is 23.6 Å². The minimum atomic E-state index is -0.937. The van der Waals surface area contributed by atoms with Crippen LogP contribution in [-0.2, 0) is 16.1 Å². The quantitative estimate of drug-likeness (QED) is 0.607. The zero-order valence-corrected chi connectivity index (χ0v) is 16.3. The van der Waals surface area contributed by atoms with Gasteiger partial charge in [0.15, 0.2) is 0 Å². The van der Waals surface area contributed by atoms with Crippen molar-refractivity contribution in [3.63, 3.8) is 0 Å². The Morgan fingerprint density at radius 1 is 1.10 bits per heavy atom. The minimum Gasteiger partial charge on any atom is -0.330 e. The van der Waals surface area contributed by atoms with E-state index in [-0.39, 0.29) is 18.7 Å². The van der Waals surface area contributed by atoms with Crippen LogP contribution in [0.1, 0.15) is 64.8 Å². The van der Waals surface area contributed by atoms with Crippen LogP contribution in [0.15, 0.2) is 18.2 Å². The number of amides is 4. The Labute approximate surface area is 169 Å². The van der Waals surface area contributed by atoms with Crippen molar-refractivity contribution in [2.45, 2.75) is 57.2 Å². The van der Waals surface area contributed by atoms with Gasteiger partial charge in [0.2, 0.25) is 11.8 Å². The maximum absolute atomic E-state index is 13.1. The van der Waals surface area contributed by atoms with Gasteiger partial charge in [-0.2, -0.15) is 0 Å². The number of hydrogen-bond donors (Lipinski definition) is 3. The van der Waals surface area contributed by atoms with Crippen molar-refractivity contribution in [3.8, 4) is 0 Å². The largest absolute Gasteiger partial charge is 0.330 e. The fourth-order valence-corrected chi connectivity index (χ4v) is 4.74. The van der Waals surface area contributed by atoms with Crippen molar-refractivity contribution in [1.82, 2.24) is 15.5 Å². The van der Waals surface area contributed by atoms with Gasteiger partial charge >= 0.3 is 0 Å². The van der Waals surface area contributed by atoms with Crippen molar-refractivity contribution in [1.29, 1.82) is 0 Å². The molecule has 4 N–H and O–H groups in total. The molecule has 0 bridgehead atoms. The van der Waals surface area contributed by atoms with E-state index in [0.717, 1.165) is 36.1 Å². The van der Waals surface area contributed by atoms with Crippen LogP contribution in [-0.4, -0.2) is 47.2 Å². The Morgan fingerprint density at radius 3 is 2.69 bits per heavy atom. The fourth-order valence-electron chi connectivity index (χ4n) is 4.74. The zero-order chi connectivity index (χ0) is 20.5. The molecule has 3 unspecified atom stereocenters. The highest BCUT2D eigenvalue weighted by Gasteiger charge is 2.45. The summed E-state index contributed by atoms with van der Waals surface area (Å²) in [5.74, 6) is -1.25. The summed E-state index contributed by atoms with van der Waals surface area (Å²) in [6.07, 6.45) is 4.62. The predicted octanol–water partition coefficient (Wildman–Crippen LogP) is 0.695. The molecule has 1 saturated carbocycles. The highest BCUT2D eigenvalue weighted by Crippen LogP contribution is 2.31. The Hall–Kier alpha value is -2.58. The van der Waals surface area contributed by atoms with Gasteiger partial charge in [-0.15, -0.1) is 0 Å². The van der Waals surface area contributed by atoms with Crippen LogP contribution in [0.2, 0.25) is 0 Å². The van der Waals surface area contributed by atoms with E-state index in [0.29, 0.717) is 36.2 Å². The average Bonchev–Trinajstić information content (AvgIpc) is 3.24. The summed E-state index contributed by atoms with van der Waals surface area (Å²) in [6.45, 7) is 1.20. The van der Waals surface area contributed by atoms with Gasteiger partial charge in [-0.1, -0.05) is 12.1 Å². The monoisotopic (exact) mass is 398 g/mol. The van der Waals surface area contributed by atoms with Gasteiger partial charge in [0.25, 0.3) is 11.8 Å². The lowest BCUT2D eigenvalue weighted by atomic mass is 10.0. The third-order valence-electron chi connectivity index (χ3n) is 6.25. The maximum Gasteiger partial charge on any atom is 0.262 e. The number of imide groups is 2. The molecule has 4 rings (SSSR count). The van der Waals surface area contributed by atoms with Crippen LogP contribution < -0.4 is 16.4 Å². The molecule has 1 aromatic carbocycles. The lowest BCUT2D eigenvalue weighted by Gasteiger charge is -2.27. The van der Waals surface area contributed by atoms with Crippen LogP contribution in [0.4, 0.5) is 0 Å². The van der Waals surface area contributed by atoms with Crippen molar-refractivity contribution in [3.05, 3.63) is 34.9 Å². The molecule has 0 spiro atoms. The van der Waals surface area contributed by atoms with Crippen molar-refractivity contribution in [2.24, 2.45) is 11.7 Å². The van der Waals surface area contributed by atoms with Gasteiger partial charge in [-0.05, 0) is 56.2 Å². The first-order valence-electron chi connectivity index (χ1n) is 10.3. The lowest BCUT2D eigenvalue weighted by Crippen LogP contribution is -2.54. The Bertz CT molecular complexity index is 868. The van der Waals surface area contributed by atoms with Crippen LogP contribution in [0.3, 0.4) is 0 Å². The molecular weight excluding hydrogens is 372 g/mol. The van der Waals surface area contributed by atoms with Crippen LogP contribution in [0.25, 0.3) is 0 Å². The number of fused-ring (bicyclic) bond motifs is 1. The number of nitrogens with zero attached hydrogens (tertiary/aromatic N) is 1. The summed E-state index contributed by atoms with van der Waals surface area (Å²) in [5, 5.41) is 5.73. The van der Waals surface area contributed by atoms with E-state index in [1.54, 1.807) is 12.1 Å². The number of nitrogens with two attached hydrogens (primary N) is 1. The van der Waals surface area contributed by atoms with Gasteiger partial charge in [-0.25, -0.2) is 0 Å². The molecule has 0 aromatic heterocycles. The van der Waals surface area contributed by atoms with E-state index in [4.69, 9.17) is 5.73 Å². The third kappa shape index (κ3) is 3.70. The van der Waals surface area contributed by atoms with Crippen molar-refractivity contribution < 1.29 is 19.2 Å². The van der Waals surface area contributed by atoms with Gasteiger partial charge in [-0.3, -0.25) is 29.4 Å². The van der Waals surface area contributed by atoms with E-state index >= 15 is 0 Å². The standard InChI is InChI=1S/C21H26N4O4/c22-9-8-12-4-5-14(10-12)23-11-13-2-1-3-15-18(13)21(29)25(20(15)28)16-6-7-17(26)24-19(16)27/h1-3,12,14,16,23H,4-11,22H2,(H,24,26,27). The second-order valence-electron chi connectivity index (χ2n) is 8.12. The number of nitrogens with one attached hydrogen (secondary N) is 2. The van der Waals surface area contributed by atoms with E-state index in [1.165, 1.54) is 0 Å². The van der Waals surface area contributed by atoms with E-state index < -0.39 is 23.8 Å². The summed E-state index contributed by atoms with van der Waals surface area (Å²) in [4.78, 5) is 50.6. The fraction of sp³-hybridized carbons (Fsp3) is 0.524. The summed E-state index contributed by atoms with van der Waals surface area (Å²) >= 11 is 0. The molecule has 3 aliphatic rings. The highest BCUT2D eigenvalue weighted by atomic mass is 16.2. The third-order valence-corrected chi connectivity index (χ3v) is 6.25. The molecule has 0 radical (unpaired) electrons. The summed E-state index contributed by atoms with van der Waals surface area (Å²) in [6, 6.07) is 4.67. The Morgan fingerprint density at radius 2 is 1.93 bits per heavy atom. The second kappa shape index (κ2) is 8.04. The van der Waals surface area contributed by atoms with Crippen LogP contribution in [0, 0.1) is 5.92 Å². The number of rotatable bonds is 6. The average molecular weight is 398 g/mol. The number of piperidine rings is 1. The molecule has 8 heteroatoms. The summed E-state index contributed by atoms with van der Waals surface area (Å²) in [5.41, 5.74) is 7.11. The predicted molar refractivity (Wildman–Crippen MR) is 105 cm³/mol. The smallest absolute Gasteiger partial charge is 0.262 e. The molecule has 8 nitrogen and oxygen atoms in total. The van der Waals surface area contributed by atoms with Gasteiger partial charge in [0.1, 0.15) is 6.04 Å². The second-order valence-corrected chi connectivity index (χ2v) is 8.12. The van der Waals surface area contributed by atoms with Crippen LogP contribution in [0.5, 0.6) is 0 Å².